The molecule has 2 aromatic carbocycles. The van der Waals surface area contributed by atoms with E-state index in [4.69, 9.17) is 27.9 Å². The first-order chi connectivity index (χ1) is 13.3. The zero-order valence-electron chi connectivity index (χ0n) is 14.5. The summed E-state index contributed by atoms with van der Waals surface area (Å²) in [5, 5.41) is 3.43. The summed E-state index contributed by atoms with van der Waals surface area (Å²) < 4.78 is 5.85. The Balaban J connectivity index is 1.53. The summed E-state index contributed by atoms with van der Waals surface area (Å²) in [6.45, 7) is -0.286. The monoisotopic (exact) mass is 484 g/mol. The van der Waals surface area contributed by atoms with E-state index in [2.05, 4.69) is 21.2 Å². The second kappa shape index (κ2) is 8.94. The van der Waals surface area contributed by atoms with Crippen molar-refractivity contribution >= 4 is 68.3 Å². The molecule has 0 aliphatic carbocycles. The van der Waals surface area contributed by atoms with E-state index in [1.807, 2.05) is 0 Å². The molecule has 1 aliphatic heterocycles. The molecule has 1 fully saturated rings. The van der Waals surface area contributed by atoms with Crippen molar-refractivity contribution in [2.45, 2.75) is 6.42 Å². The molecule has 0 aromatic heterocycles. The average molecular weight is 486 g/mol. The molecule has 146 valence electrons. The van der Waals surface area contributed by atoms with E-state index in [0.29, 0.717) is 21.4 Å². The maximum absolute atomic E-state index is 12.3. The second-order valence-corrected chi connectivity index (χ2v) is 7.92. The van der Waals surface area contributed by atoms with Crippen LogP contribution in [0.25, 0.3) is 0 Å². The van der Waals surface area contributed by atoms with Crippen LogP contribution in [0.4, 0.5) is 11.4 Å². The van der Waals surface area contributed by atoms with Gasteiger partial charge in [0.25, 0.3) is 5.91 Å². The molecular weight excluding hydrogens is 471 g/mol. The molecule has 1 unspecified atom stereocenters. The number of carbonyl (C=O) groups is 3. The number of nitrogens with one attached hydrogen (secondary N) is 1. The number of ether oxygens (including phenoxy) is 1. The molecule has 0 spiro atoms. The lowest BCUT2D eigenvalue weighted by Crippen LogP contribution is -2.28. The molecule has 1 aliphatic rings. The summed E-state index contributed by atoms with van der Waals surface area (Å²) >= 11 is 15.3. The lowest BCUT2D eigenvalue weighted by atomic mass is 10.1. The van der Waals surface area contributed by atoms with Crippen LogP contribution in [0.5, 0.6) is 0 Å². The summed E-state index contributed by atoms with van der Waals surface area (Å²) in [6, 6.07) is 11.8. The van der Waals surface area contributed by atoms with Crippen LogP contribution in [0.2, 0.25) is 10.0 Å². The van der Waals surface area contributed by atoms with E-state index in [9.17, 15) is 14.4 Å². The zero-order chi connectivity index (χ0) is 20.3. The van der Waals surface area contributed by atoms with E-state index in [-0.39, 0.29) is 18.9 Å². The van der Waals surface area contributed by atoms with Crippen molar-refractivity contribution in [1.29, 1.82) is 0 Å². The van der Waals surface area contributed by atoms with Gasteiger partial charge in [0.2, 0.25) is 5.91 Å². The molecule has 0 radical (unpaired) electrons. The fourth-order valence-corrected chi connectivity index (χ4v) is 3.70. The Labute approximate surface area is 179 Å². The topological polar surface area (TPSA) is 75.7 Å². The Hall–Kier alpha value is -2.09. The minimum atomic E-state index is -0.643. The third-order valence-electron chi connectivity index (χ3n) is 4.13. The first-order valence-corrected chi connectivity index (χ1v) is 9.86. The highest BCUT2D eigenvalue weighted by atomic mass is 79.9. The van der Waals surface area contributed by atoms with Crippen LogP contribution in [0.1, 0.15) is 6.42 Å². The smallest absolute Gasteiger partial charge is 0.311 e. The number of carbonyl (C=O) groups excluding carboxylic acids is 3. The highest BCUT2D eigenvalue weighted by Crippen LogP contribution is 2.28. The van der Waals surface area contributed by atoms with Gasteiger partial charge in [-0.25, -0.2) is 0 Å². The lowest BCUT2D eigenvalue weighted by molar-refractivity contribution is -0.151. The van der Waals surface area contributed by atoms with Gasteiger partial charge in [-0.3, -0.25) is 14.4 Å². The number of nitrogens with zero attached hydrogens (tertiary/aromatic N) is 1. The minimum absolute atomic E-state index is 0.0194. The largest absolute Gasteiger partial charge is 0.455 e. The Bertz CT molecular complexity index is 938. The lowest BCUT2D eigenvalue weighted by Gasteiger charge is -2.16. The molecule has 6 nitrogen and oxygen atoms in total. The van der Waals surface area contributed by atoms with Crippen LogP contribution < -0.4 is 10.2 Å². The molecule has 0 saturated carbocycles. The van der Waals surface area contributed by atoms with Crippen molar-refractivity contribution in [2.75, 3.05) is 23.4 Å². The number of hydrogen-bond donors (Lipinski definition) is 1. The third kappa shape index (κ3) is 5.04. The van der Waals surface area contributed by atoms with E-state index >= 15 is 0 Å². The Morgan fingerprint density at radius 2 is 2.00 bits per heavy atom. The number of amides is 2. The molecular formula is C19H15BrCl2N2O4. The summed E-state index contributed by atoms with van der Waals surface area (Å²) in [5.74, 6) is -1.96. The third-order valence-corrected chi connectivity index (χ3v) is 5.17. The second-order valence-electron chi connectivity index (χ2n) is 6.17. The highest BCUT2D eigenvalue weighted by Gasteiger charge is 2.36. The van der Waals surface area contributed by atoms with Crippen molar-refractivity contribution in [1.82, 2.24) is 0 Å². The van der Waals surface area contributed by atoms with Crippen LogP contribution in [-0.2, 0) is 19.1 Å². The van der Waals surface area contributed by atoms with Gasteiger partial charge in [0.15, 0.2) is 6.61 Å². The standard InChI is InChI=1S/C19H15BrCl2N2O4/c20-12-4-5-16(15(22)7-12)23-17(25)10-28-19(27)11-6-18(26)24(9-11)14-3-1-2-13(21)8-14/h1-5,7-8,11H,6,9-10H2,(H,23,25). The first kappa shape index (κ1) is 20.6. The van der Waals surface area contributed by atoms with Gasteiger partial charge in [-0.05, 0) is 36.4 Å². The molecule has 1 saturated heterocycles. The van der Waals surface area contributed by atoms with E-state index in [1.165, 1.54) is 4.90 Å². The number of hydrogen-bond acceptors (Lipinski definition) is 4. The van der Waals surface area contributed by atoms with Crippen LogP contribution >= 0.6 is 39.1 Å². The maximum atomic E-state index is 12.3. The van der Waals surface area contributed by atoms with Gasteiger partial charge in [-0.2, -0.15) is 0 Å². The molecule has 3 rings (SSSR count). The fraction of sp³-hybridized carbons (Fsp3) is 0.211. The minimum Gasteiger partial charge on any atom is -0.455 e. The first-order valence-electron chi connectivity index (χ1n) is 8.31. The number of esters is 1. The molecule has 2 amide bonds. The van der Waals surface area contributed by atoms with Crippen LogP contribution in [-0.4, -0.2) is 30.9 Å². The van der Waals surface area contributed by atoms with Gasteiger partial charge >= 0.3 is 5.97 Å². The SMILES string of the molecule is O=C(COC(=O)C1CC(=O)N(c2cccc(Cl)c2)C1)Nc1ccc(Br)cc1Cl. The predicted molar refractivity (Wildman–Crippen MR) is 111 cm³/mol. The van der Waals surface area contributed by atoms with E-state index in [0.717, 1.165) is 4.47 Å². The normalized spacial score (nSPS) is 16.2. The molecule has 2 aromatic rings. The zero-order valence-corrected chi connectivity index (χ0v) is 17.6. The van der Waals surface area contributed by atoms with E-state index in [1.54, 1.807) is 42.5 Å². The van der Waals surface area contributed by atoms with Crippen molar-refractivity contribution in [3.8, 4) is 0 Å². The van der Waals surface area contributed by atoms with Gasteiger partial charge in [-0.1, -0.05) is 45.2 Å². The van der Waals surface area contributed by atoms with Gasteiger partial charge < -0.3 is 15.0 Å². The van der Waals surface area contributed by atoms with Crippen LogP contribution in [0.15, 0.2) is 46.9 Å². The predicted octanol–water partition coefficient (Wildman–Crippen LogP) is 4.29. The number of benzene rings is 2. The number of rotatable bonds is 5. The quantitative estimate of drug-likeness (QED) is 0.641. The Morgan fingerprint density at radius 1 is 1.21 bits per heavy atom. The van der Waals surface area contributed by atoms with Crippen molar-refractivity contribution in [2.24, 2.45) is 5.92 Å². The number of anilines is 2. The summed E-state index contributed by atoms with van der Waals surface area (Å²) in [7, 11) is 0. The molecule has 28 heavy (non-hydrogen) atoms. The van der Waals surface area contributed by atoms with Crippen molar-refractivity contribution in [3.63, 3.8) is 0 Å². The number of halogens is 3. The van der Waals surface area contributed by atoms with E-state index < -0.39 is 24.4 Å². The van der Waals surface area contributed by atoms with Gasteiger partial charge in [0, 0.05) is 28.1 Å². The van der Waals surface area contributed by atoms with Crippen LogP contribution in [0, 0.1) is 5.92 Å². The molecule has 1 N–H and O–H groups in total. The van der Waals surface area contributed by atoms with Gasteiger partial charge in [0.1, 0.15) is 0 Å². The van der Waals surface area contributed by atoms with Gasteiger partial charge in [-0.15, -0.1) is 0 Å². The molecule has 9 heteroatoms. The summed E-state index contributed by atoms with van der Waals surface area (Å²) in [4.78, 5) is 38.0. The summed E-state index contributed by atoms with van der Waals surface area (Å²) in [6.07, 6.45) is 0.0194. The summed E-state index contributed by atoms with van der Waals surface area (Å²) in [5.41, 5.74) is 1.03. The van der Waals surface area contributed by atoms with Gasteiger partial charge in [0.05, 0.1) is 16.6 Å². The Kier molecular flexibility index (Phi) is 6.59. The Morgan fingerprint density at radius 3 is 2.71 bits per heavy atom. The molecule has 1 heterocycles. The highest BCUT2D eigenvalue weighted by molar-refractivity contribution is 9.10. The van der Waals surface area contributed by atoms with Crippen molar-refractivity contribution < 1.29 is 19.1 Å². The maximum Gasteiger partial charge on any atom is 0.311 e. The van der Waals surface area contributed by atoms with Crippen LogP contribution in [0.3, 0.4) is 0 Å². The molecule has 0 bridgehead atoms. The average Bonchev–Trinajstić information content (AvgIpc) is 3.04. The van der Waals surface area contributed by atoms with Crippen molar-refractivity contribution in [3.05, 3.63) is 57.0 Å². The molecule has 1 atom stereocenters. The fourth-order valence-electron chi connectivity index (χ4n) is 2.79.